The van der Waals surface area contributed by atoms with Crippen molar-refractivity contribution in [2.24, 2.45) is 0 Å². The fourth-order valence-corrected chi connectivity index (χ4v) is 4.70. The second kappa shape index (κ2) is 9.51. The highest BCUT2D eigenvalue weighted by Gasteiger charge is 2.26. The number of ether oxygens (including phenoxy) is 1. The first-order valence-corrected chi connectivity index (χ1v) is 11.5. The van der Waals surface area contributed by atoms with Gasteiger partial charge in [0.2, 0.25) is 15.9 Å². The van der Waals surface area contributed by atoms with E-state index in [4.69, 9.17) is 4.74 Å². The summed E-state index contributed by atoms with van der Waals surface area (Å²) in [7, 11) is -3.55. The van der Waals surface area contributed by atoms with Gasteiger partial charge in [-0.25, -0.2) is 13.4 Å². The Morgan fingerprint density at radius 3 is 2.50 bits per heavy atom. The van der Waals surface area contributed by atoms with Crippen molar-refractivity contribution < 1.29 is 17.9 Å². The third kappa shape index (κ3) is 5.32. The minimum Gasteiger partial charge on any atom is -0.379 e. The zero-order chi connectivity index (χ0) is 20.0. The minimum atomic E-state index is -3.55. The highest BCUT2D eigenvalue weighted by Crippen LogP contribution is 2.21. The number of amides is 1. The standard InChI is InChI=1S/C19H23N3O4S2/c1-2-15-3-5-16(6-4-15)21-18(23)14-27-19-8-7-17(13-20-19)28(24,25)22-9-11-26-12-10-22/h3-8,13H,2,9-12,14H2,1H3,(H,21,23). The van der Waals surface area contributed by atoms with E-state index in [0.29, 0.717) is 31.3 Å². The second-order valence-electron chi connectivity index (χ2n) is 6.24. The third-order valence-corrected chi connectivity index (χ3v) is 7.14. The van der Waals surface area contributed by atoms with Crippen LogP contribution in [-0.4, -0.2) is 55.7 Å². The Hall–Kier alpha value is -1.94. The number of carbonyl (C=O) groups excluding carboxylic acids is 1. The lowest BCUT2D eigenvalue weighted by Crippen LogP contribution is -2.40. The summed E-state index contributed by atoms with van der Waals surface area (Å²) in [5.41, 5.74) is 1.96. The van der Waals surface area contributed by atoms with Gasteiger partial charge < -0.3 is 10.1 Å². The number of morpholine rings is 1. The molecule has 7 nitrogen and oxygen atoms in total. The zero-order valence-corrected chi connectivity index (χ0v) is 17.3. The Labute approximate surface area is 169 Å². The lowest BCUT2D eigenvalue weighted by molar-refractivity contribution is -0.113. The summed E-state index contributed by atoms with van der Waals surface area (Å²) < 4.78 is 31.7. The van der Waals surface area contributed by atoms with Crippen molar-refractivity contribution in [1.29, 1.82) is 0 Å². The summed E-state index contributed by atoms with van der Waals surface area (Å²) in [5.74, 6) is 0.0546. The molecule has 0 atom stereocenters. The molecule has 1 aromatic heterocycles. The van der Waals surface area contributed by atoms with Gasteiger partial charge in [-0.1, -0.05) is 30.8 Å². The quantitative estimate of drug-likeness (QED) is 0.691. The van der Waals surface area contributed by atoms with Gasteiger partial charge in [0.25, 0.3) is 0 Å². The van der Waals surface area contributed by atoms with Crippen molar-refractivity contribution >= 4 is 33.4 Å². The summed E-state index contributed by atoms with van der Waals surface area (Å²) >= 11 is 1.26. The number of thioether (sulfide) groups is 1. The second-order valence-corrected chi connectivity index (χ2v) is 9.17. The molecule has 9 heteroatoms. The molecule has 1 fully saturated rings. The van der Waals surface area contributed by atoms with Crippen molar-refractivity contribution in [3.05, 3.63) is 48.2 Å². The summed E-state index contributed by atoms with van der Waals surface area (Å²) in [5, 5.41) is 3.44. The molecule has 1 aromatic carbocycles. The minimum absolute atomic E-state index is 0.138. The number of hydrogen-bond donors (Lipinski definition) is 1. The molecule has 1 N–H and O–H groups in total. The van der Waals surface area contributed by atoms with Crippen LogP contribution in [0.2, 0.25) is 0 Å². The van der Waals surface area contributed by atoms with Crippen LogP contribution in [0.1, 0.15) is 12.5 Å². The number of carbonyl (C=O) groups is 1. The van der Waals surface area contributed by atoms with Gasteiger partial charge in [-0.15, -0.1) is 0 Å². The maximum Gasteiger partial charge on any atom is 0.244 e. The van der Waals surface area contributed by atoms with Gasteiger partial charge in [0.1, 0.15) is 4.90 Å². The summed E-state index contributed by atoms with van der Waals surface area (Å²) in [6.45, 7) is 3.57. The van der Waals surface area contributed by atoms with Gasteiger partial charge >= 0.3 is 0 Å². The van der Waals surface area contributed by atoms with Gasteiger partial charge in [0.05, 0.1) is 24.0 Å². The van der Waals surface area contributed by atoms with E-state index in [1.165, 1.54) is 33.9 Å². The number of sulfonamides is 1. The van der Waals surface area contributed by atoms with Crippen molar-refractivity contribution in [3.8, 4) is 0 Å². The van der Waals surface area contributed by atoms with Crippen molar-refractivity contribution in [2.75, 3.05) is 37.4 Å². The van der Waals surface area contributed by atoms with Crippen LogP contribution in [0, 0.1) is 0 Å². The van der Waals surface area contributed by atoms with Crippen LogP contribution in [0.5, 0.6) is 0 Å². The monoisotopic (exact) mass is 421 g/mol. The molecule has 2 aromatic rings. The van der Waals surface area contributed by atoms with Crippen LogP contribution in [-0.2, 0) is 26.0 Å². The smallest absolute Gasteiger partial charge is 0.244 e. The van der Waals surface area contributed by atoms with E-state index in [-0.39, 0.29) is 16.6 Å². The number of nitrogens with zero attached hydrogens (tertiary/aromatic N) is 2. The topological polar surface area (TPSA) is 88.6 Å². The number of aryl methyl sites for hydroxylation is 1. The van der Waals surface area contributed by atoms with Crippen LogP contribution in [0.15, 0.2) is 52.5 Å². The number of nitrogens with one attached hydrogen (secondary N) is 1. The molecule has 3 rings (SSSR count). The predicted octanol–water partition coefficient (Wildman–Crippen LogP) is 2.40. The number of hydrogen-bond acceptors (Lipinski definition) is 6. The number of benzene rings is 1. The summed E-state index contributed by atoms with van der Waals surface area (Å²) in [6, 6.07) is 10.9. The van der Waals surface area contributed by atoms with E-state index in [2.05, 4.69) is 17.2 Å². The number of pyridine rings is 1. The van der Waals surface area contributed by atoms with Gasteiger partial charge in [-0.05, 0) is 36.2 Å². The summed E-state index contributed by atoms with van der Waals surface area (Å²) in [4.78, 5) is 16.4. The average Bonchev–Trinajstić information content (AvgIpc) is 2.74. The van der Waals surface area contributed by atoms with E-state index in [0.717, 1.165) is 12.1 Å². The molecule has 0 bridgehead atoms. The molecule has 0 aliphatic carbocycles. The fourth-order valence-electron chi connectivity index (χ4n) is 2.70. The van der Waals surface area contributed by atoms with E-state index < -0.39 is 10.0 Å². The normalized spacial score (nSPS) is 15.3. The molecule has 0 spiro atoms. The molecule has 1 saturated heterocycles. The molecule has 1 aliphatic heterocycles. The largest absolute Gasteiger partial charge is 0.379 e. The highest BCUT2D eigenvalue weighted by atomic mass is 32.2. The summed E-state index contributed by atoms with van der Waals surface area (Å²) in [6.07, 6.45) is 2.29. The molecule has 0 saturated carbocycles. The Balaban J connectivity index is 1.54. The van der Waals surface area contributed by atoms with Crippen LogP contribution in [0.3, 0.4) is 0 Å². The van der Waals surface area contributed by atoms with Crippen LogP contribution < -0.4 is 5.32 Å². The van der Waals surface area contributed by atoms with Crippen molar-refractivity contribution in [2.45, 2.75) is 23.3 Å². The highest BCUT2D eigenvalue weighted by molar-refractivity contribution is 7.99. The molecule has 2 heterocycles. The molecular formula is C19H23N3O4S2. The Kier molecular flexibility index (Phi) is 7.06. The molecule has 0 unspecified atom stereocenters. The van der Waals surface area contributed by atoms with E-state index in [9.17, 15) is 13.2 Å². The third-order valence-electron chi connectivity index (χ3n) is 4.31. The lowest BCUT2D eigenvalue weighted by Gasteiger charge is -2.25. The van der Waals surface area contributed by atoms with Crippen LogP contribution in [0.4, 0.5) is 5.69 Å². The first-order valence-electron chi connectivity index (χ1n) is 9.04. The molecule has 1 amide bonds. The molecule has 0 radical (unpaired) electrons. The molecular weight excluding hydrogens is 398 g/mol. The first-order chi connectivity index (χ1) is 13.5. The zero-order valence-electron chi connectivity index (χ0n) is 15.6. The van der Waals surface area contributed by atoms with Gasteiger partial charge in [0.15, 0.2) is 0 Å². The molecule has 28 heavy (non-hydrogen) atoms. The maximum atomic E-state index is 12.6. The predicted molar refractivity (Wildman–Crippen MR) is 109 cm³/mol. The SMILES string of the molecule is CCc1ccc(NC(=O)CSc2ccc(S(=O)(=O)N3CCOCC3)cn2)cc1. The van der Waals surface area contributed by atoms with Crippen LogP contribution >= 0.6 is 11.8 Å². The molecule has 150 valence electrons. The van der Waals surface area contributed by atoms with Gasteiger partial charge in [-0.3, -0.25) is 4.79 Å². The molecule has 1 aliphatic rings. The van der Waals surface area contributed by atoms with E-state index in [1.54, 1.807) is 6.07 Å². The van der Waals surface area contributed by atoms with Gasteiger partial charge in [-0.2, -0.15) is 4.31 Å². The Bertz CT molecular complexity index is 894. The average molecular weight is 422 g/mol. The van der Waals surface area contributed by atoms with Crippen molar-refractivity contribution in [3.63, 3.8) is 0 Å². The number of aromatic nitrogens is 1. The fraction of sp³-hybridized carbons (Fsp3) is 0.368. The maximum absolute atomic E-state index is 12.6. The Morgan fingerprint density at radius 1 is 1.18 bits per heavy atom. The first kappa shape index (κ1) is 20.8. The van der Waals surface area contributed by atoms with E-state index >= 15 is 0 Å². The van der Waals surface area contributed by atoms with Crippen LogP contribution in [0.25, 0.3) is 0 Å². The van der Waals surface area contributed by atoms with E-state index in [1.807, 2.05) is 24.3 Å². The number of anilines is 1. The Morgan fingerprint density at radius 2 is 1.89 bits per heavy atom. The number of rotatable bonds is 7. The van der Waals surface area contributed by atoms with Gasteiger partial charge in [0, 0.05) is 25.0 Å². The van der Waals surface area contributed by atoms with Crippen molar-refractivity contribution in [1.82, 2.24) is 9.29 Å². The lowest BCUT2D eigenvalue weighted by atomic mass is 10.1.